The molecule has 1 aliphatic rings. The fraction of sp³-hybridized carbons (Fsp3) is 0.750. The minimum atomic E-state index is 0.390. The first-order chi connectivity index (χ1) is 7.31. The summed E-state index contributed by atoms with van der Waals surface area (Å²) in [6.07, 6.45) is 10.1. The van der Waals surface area contributed by atoms with Crippen LogP contribution < -0.4 is 5.73 Å². The van der Waals surface area contributed by atoms with Gasteiger partial charge in [-0.25, -0.2) is 4.98 Å². The Kier molecular flexibility index (Phi) is 3.41. The van der Waals surface area contributed by atoms with Crippen molar-refractivity contribution in [3.63, 3.8) is 0 Å². The molecule has 0 bridgehead atoms. The molecule has 84 valence electrons. The monoisotopic (exact) mass is 207 g/mol. The lowest BCUT2D eigenvalue weighted by Gasteiger charge is -2.28. The Morgan fingerprint density at radius 2 is 2.27 bits per heavy atom. The quantitative estimate of drug-likeness (QED) is 0.823. The zero-order valence-corrected chi connectivity index (χ0v) is 9.52. The molecule has 1 aromatic rings. The summed E-state index contributed by atoms with van der Waals surface area (Å²) in [5, 5.41) is 0. The summed E-state index contributed by atoms with van der Waals surface area (Å²) in [4.78, 5) is 4.42. The van der Waals surface area contributed by atoms with Crippen LogP contribution in [0.25, 0.3) is 0 Å². The van der Waals surface area contributed by atoms with E-state index in [4.69, 9.17) is 5.73 Å². The van der Waals surface area contributed by atoms with Crippen molar-refractivity contribution in [1.82, 2.24) is 9.55 Å². The second-order valence-corrected chi connectivity index (χ2v) is 4.54. The Bertz CT molecular complexity index is 306. The Hall–Kier alpha value is -0.830. The van der Waals surface area contributed by atoms with Crippen LogP contribution in [-0.4, -0.2) is 15.6 Å². The molecule has 3 nitrogen and oxygen atoms in total. The Morgan fingerprint density at radius 3 is 3.00 bits per heavy atom. The average Bonchev–Trinajstić information content (AvgIpc) is 2.69. The third kappa shape index (κ3) is 2.40. The van der Waals surface area contributed by atoms with Crippen LogP contribution in [0.5, 0.6) is 0 Å². The smallest absolute Gasteiger partial charge is 0.108 e. The molecule has 2 rings (SSSR count). The second-order valence-electron chi connectivity index (χ2n) is 4.54. The number of rotatable bonds is 3. The molecule has 1 fully saturated rings. The standard InChI is InChI=1S/C12H21N3/c1-2-15-8-7-14-12(15)9-10-5-3-4-6-11(10)13/h7-8,10-11H,2-6,9,13H2,1H3. The molecule has 2 unspecified atom stereocenters. The highest BCUT2D eigenvalue weighted by molar-refractivity contribution is 4.96. The fourth-order valence-electron chi connectivity index (χ4n) is 2.54. The van der Waals surface area contributed by atoms with Gasteiger partial charge in [0.25, 0.3) is 0 Å². The van der Waals surface area contributed by atoms with Crippen molar-refractivity contribution < 1.29 is 0 Å². The Balaban J connectivity index is 2.01. The average molecular weight is 207 g/mol. The zero-order chi connectivity index (χ0) is 10.7. The van der Waals surface area contributed by atoms with Gasteiger partial charge in [-0.05, 0) is 25.7 Å². The van der Waals surface area contributed by atoms with E-state index in [2.05, 4.69) is 22.7 Å². The van der Waals surface area contributed by atoms with E-state index in [0.29, 0.717) is 12.0 Å². The van der Waals surface area contributed by atoms with Gasteiger partial charge < -0.3 is 10.3 Å². The highest BCUT2D eigenvalue weighted by Crippen LogP contribution is 2.25. The van der Waals surface area contributed by atoms with Crippen LogP contribution in [0.1, 0.15) is 38.4 Å². The van der Waals surface area contributed by atoms with Crippen LogP contribution in [0.4, 0.5) is 0 Å². The number of hydrogen-bond donors (Lipinski definition) is 1. The van der Waals surface area contributed by atoms with Crippen LogP contribution in [0, 0.1) is 5.92 Å². The van der Waals surface area contributed by atoms with Crippen LogP contribution in [0.3, 0.4) is 0 Å². The van der Waals surface area contributed by atoms with E-state index >= 15 is 0 Å². The molecule has 1 aromatic heterocycles. The van der Waals surface area contributed by atoms with Crippen LogP contribution in [-0.2, 0) is 13.0 Å². The summed E-state index contributed by atoms with van der Waals surface area (Å²) < 4.78 is 2.22. The number of aryl methyl sites for hydroxylation is 1. The molecule has 0 aromatic carbocycles. The number of imidazole rings is 1. The van der Waals surface area contributed by atoms with E-state index in [9.17, 15) is 0 Å². The summed E-state index contributed by atoms with van der Waals surface area (Å²) in [5.74, 6) is 1.85. The first kappa shape index (κ1) is 10.7. The van der Waals surface area contributed by atoms with E-state index in [1.807, 2.05) is 6.20 Å². The van der Waals surface area contributed by atoms with E-state index in [1.165, 1.54) is 31.5 Å². The third-order valence-electron chi connectivity index (χ3n) is 3.56. The first-order valence-electron chi connectivity index (χ1n) is 6.07. The molecule has 1 aliphatic carbocycles. The summed E-state index contributed by atoms with van der Waals surface area (Å²) in [5.41, 5.74) is 6.15. The van der Waals surface area contributed by atoms with E-state index in [0.717, 1.165) is 13.0 Å². The van der Waals surface area contributed by atoms with Gasteiger partial charge >= 0.3 is 0 Å². The van der Waals surface area contributed by atoms with E-state index in [1.54, 1.807) is 0 Å². The molecule has 2 atom stereocenters. The van der Waals surface area contributed by atoms with Crippen molar-refractivity contribution in [2.24, 2.45) is 11.7 Å². The molecular formula is C12H21N3. The Morgan fingerprint density at radius 1 is 1.47 bits per heavy atom. The lowest BCUT2D eigenvalue weighted by molar-refractivity contribution is 0.300. The number of nitrogens with zero attached hydrogens (tertiary/aromatic N) is 2. The maximum Gasteiger partial charge on any atom is 0.108 e. The topological polar surface area (TPSA) is 43.8 Å². The SMILES string of the molecule is CCn1ccnc1CC1CCCCC1N. The van der Waals surface area contributed by atoms with Crippen molar-refractivity contribution in [2.45, 2.75) is 51.6 Å². The molecule has 3 heteroatoms. The Labute approximate surface area is 91.7 Å². The summed E-state index contributed by atoms with van der Waals surface area (Å²) in [6.45, 7) is 3.17. The van der Waals surface area contributed by atoms with Crippen molar-refractivity contribution >= 4 is 0 Å². The highest BCUT2D eigenvalue weighted by Gasteiger charge is 2.23. The normalized spacial score (nSPS) is 26.8. The number of hydrogen-bond acceptors (Lipinski definition) is 2. The molecule has 0 radical (unpaired) electrons. The predicted octanol–water partition coefficient (Wildman–Crippen LogP) is 1.96. The molecule has 1 saturated carbocycles. The van der Waals surface area contributed by atoms with Gasteiger partial charge in [0, 0.05) is 31.4 Å². The molecule has 0 aliphatic heterocycles. The van der Waals surface area contributed by atoms with Crippen molar-refractivity contribution in [1.29, 1.82) is 0 Å². The van der Waals surface area contributed by atoms with E-state index in [-0.39, 0.29) is 0 Å². The fourth-order valence-corrected chi connectivity index (χ4v) is 2.54. The molecular weight excluding hydrogens is 186 g/mol. The summed E-state index contributed by atoms with van der Waals surface area (Å²) >= 11 is 0. The van der Waals surface area contributed by atoms with Gasteiger partial charge in [-0.15, -0.1) is 0 Å². The van der Waals surface area contributed by atoms with Crippen molar-refractivity contribution in [3.8, 4) is 0 Å². The van der Waals surface area contributed by atoms with Crippen LogP contribution in [0.15, 0.2) is 12.4 Å². The second kappa shape index (κ2) is 4.79. The maximum absolute atomic E-state index is 6.15. The first-order valence-corrected chi connectivity index (χ1v) is 6.07. The number of aromatic nitrogens is 2. The van der Waals surface area contributed by atoms with Crippen LogP contribution >= 0.6 is 0 Å². The largest absolute Gasteiger partial charge is 0.335 e. The van der Waals surface area contributed by atoms with Gasteiger partial charge in [-0.1, -0.05) is 12.8 Å². The summed E-state index contributed by atoms with van der Waals surface area (Å²) in [6, 6.07) is 0.390. The lowest BCUT2D eigenvalue weighted by atomic mass is 9.83. The van der Waals surface area contributed by atoms with Gasteiger partial charge in [0.2, 0.25) is 0 Å². The third-order valence-corrected chi connectivity index (χ3v) is 3.56. The molecule has 2 N–H and O–H groups in total. The maximum atomic E-state index is 6.15. The number of nitrogens with two attached hydrogens (primary N) is 1. The minimum absolute atomic E-state index is 0.390. The minimum Gasteiger partial charge on any atom is -0.335 e. The van der Waals surface area contributed by atoms with Gasteiger partial charge in [-0.3, -0.25) is 0 Å². The van der Waals surface area contributed by atoms with Crippen molar-refractivity contribution in [2.75, 3.05) is 0 Å². The highest BCUT2D eigenvalue weighted by atomic mass is 15.1. The van der Waals surface area contributed by atoms with Gasteiger partial charge in [0.05, 0.1) is 0 Å². The van der Waals surface area contributed by atoms with Gasteiger partial charge in [0.15, 0.2) is 0 Å². The van der Waals surface area contributed by atoms with Crippen LogP contribution in [0.2, 0.25) is 0 Å². The van der Waals surface area contributed by atoms with Gasteiger partial charge in [0.1, 0.15) is 5.82 Å². The molecule has 1 heterocycles. The van der Waals surface area contributed by atoms with Crippen molar-refractivity contribution in [3.05, 3.63) is 18.2 Å². The molecule has 0 amide bonds. The molecule has 0 spiro atoms. The summed E-state index contributed by atoms with van der Waals surface area (Å²) in [7, 11) is 0. The zero-order valence-electron chi connectivity index (χ0n) is 9.52. The van der Waals surface area contributed by atoms with Gasteiger partial charge in [-0.2, -0.15) is 0 Å². The molecule has 0 saturated heterocycles. The van der Waals surface area contributed by atoms with E-state index < -0.39 is 0 Å². The predicted molar refractivity (Wildman–Crippen MR) is 61.5 cm³/mol. The molecule has 15 heavy (non-hydrogen) atoms. The lowest BCUT2D eigenvalue weighted by Crippen LogP contribution is -2.34.